The summed E-state index contributed by atoms with van der Waals surface area (Å²) < 4.78 is 23.1. The molecule has 6 rings (SSSR count). The van der Waals surface area contributed by atoms with Crippen LogP contribution in [0.15, 0.2) is 48.5 Å². The zero-order valence-corrected chi connectivity index (χ0v) is 19.5. The molecule has 3 aliphatic rings. The molecule has 0 unspecified atom stereocenters. The Labute approximate surface area is 198 Å². The molecule has 3 heterocycles. The lowest BCUT2D eigenvalue weighted by molar-refractivity contribution is 0.174. The fourth-order valence-electron chi connectivity index (χ4n) is 5.10. The van der Waals surface area contributed by atoms with Gasteiger partial charge in [-0.15, -0.1) is 0 Å². The van der Waals surface area contributed by atoms with Gasteiger partial charge in [-0.1, -0.05) is 18.2 Å². The van der Waals surface area contributed by atoms with Crippen LogP contribution in [0.25, 0.3) is 28.5 Å². The van der Waals surface area contributed by atoms with Crippen molar-refractivity contribution >= 4 is 23.1 Å². The number of anilines is 1. The maximum atomic E-state index is 10.5. The van der Waals surface area contributed by atoms with E-state index in [2.05, 4.69) is 44.3 Å². The molecule has 3 aromatic rings. The van der Waals surface area contributed by atoms with E-state index in [1.165, 1.54) is 0 Å². The van der Waals surface area contributed by atoms with E-state index in [4.69, 9.17) is 18.9 Å². The predicted molar refractivity (Wildman–Crippen MR) is 133 cm³/mol. The zero-order valence-electron chi connectivity index (χ0n) is 19.5. The highest BCUT2D eigenvalue weighted by Gasteiger charge is 2.33. The average molecular weight is 456 g/mol. The van der Waals surface area contributed by atoms with Crippen LogP contribution in [0.3, 0.4) is 0 Å². The third kappa shape index (κ3) is 3.10. The van der Waals surface area contributed by atoms with E-state index in [0.717, 1.165) is 44.8 Å². The van der Waals surface area contributed by atoms with Crippen LogP contribution in [0.5, 0.6) is 28.7 Å². The second-order valence-electron chi connectivity index (χ2n) is 9.30. The molecule has 0 radical (unpaired) electrons. The van der Waals surface area contributed by atoms with E-state index in [1.54, 1.807) is 19.2 Å². The number of nitrogens with one attached hydrogen (secondary N) is 1. The Bertz CT molecular complexity index is 1420. The lowest BCUT2D eigenvalue weighted by atomic mass is 9.83. The van der Waals surface area contributed by atoms with Crippen molar-refractivity contribution in [3.63, 3.8) is 0 Å². The summed E-state index contributed by atoms with van der Waals surface area (Å²) in [6.07, 6.45) is 4.24. The largest absolute Gasteiger partial charge is 0.504 e. The van der Waals surface area contributed by atoms with E-state index >= 15 is 0 Å². The monoisotopic (exact) mass is 455 g/mol. The number of hydrogen-bond donors (Lipinski definition) is 2. The van der Waals surface area contributed by atoms with Gasteiger partial charge < -0.3 is 29.4 Å². The van der Waals surface area contributed by atoms with Crippen LogP contribution in [0.2, 0.25) is 0 Å². The minimum absolute atomic E-state index is 0.0724. The quantitative estimate of drug-likeness (QED) is 0.473. The second-order valence-corrected chi connectivity index (χ2v) is 9.30. The summed E-state index contributed by atoms with van der Waals surface area (Å²) in [5.74, 6) is 3.25. The fourth-order valence-corrected chi connectivity index (χ4v) is 5.10. The van der Waals surface area contributed by atoms with E-state index in [0.29, 0.717) is 23.0 Å². The summed E-state index contributed by atoms with van der Waals surface area (Å²) in [4.78, 5) is 0. The first-order valence-electron chi connectivity index (χ1n) is 11.2. The van der Waals surface area contributed by atoms with Gasteiger partial charge >= 0.3 is 0 Å². The van der Waals surface area contributed by atoms with Gasteiger partial charge in [-0.05, 0) is 68.3 Å². The predicted octanol–water partition coefficient (Wildman–Crippen LogP) is 6.29. The van der Waals surface area contributed by atoms with Gasteiger partial charge in [-0.25, -0.2) is 0 Å². The molecule has 0 aromatic heterocycles. The number of benzene rings is 3. The van der Waals surface area contributed by atoms with Gasteiger partial charge in [0.15, 0.2) is 23.0 Å². The van der Waals surface area contributed by atoms with Gasteiger partial charge in [-0.3, -0.25) is 0 Å². The Kier molecular flexibility index (Phi) is 4.36. The number of fused-ring (bicyclic) bond motifs is 6. The summed E-state index contributed by atoms with van der Waals surface area (Å²) in [7, 11) is 1.56. The van der Waals surface area contributed by atoms with Crippen molar-refractivity contribution in [3.05, 3.63) is 65.2 Å². The Balaban J connectivity index is 1.62. The number of rotatable bonds is 2. The van der Waals surface area contributed by atoms with E-state index < -0.39 is 0 Å². The summed E-state index contributed by atoms with van der Waals surface area (Å²) in [5, 5.41) is 14.1. The van der Waals surface area contributed by atoms with Crippen LogP contribution in [0.1, 0.15) is 37.5 Å². The van der Waals surface area contributed by atoms with Crippen LogP contribution < -0.4 is 24.3 Å². The molecule has 3 aromatic carbocycles. The molecule has 0 spiro atoms. The van der Waals surface area contributed by atoms with Gasteiger partial charge in [0.25, 0.3) is 0 Å². The number of hydrogen-bond acceptors (Lipinski definition) is 6. The third-order valence-electron chi connectivity index (χ3n) is 6.37. The van der Waals surface area contributed by atoms with Crippen molar-refractivity contribution in [2.45, 2.75) is 26.3 Å². The van der Waals surface area contributed by atoms with Crippen molar-refractivity contribution in [3.8, 4) is 39.9 Å². The summed E-state index contributed by atoms with van der Waals surface area (Å²) in [6, 6.07) is 13.3. The van der Waals surface area contributed by atoms with Crippen molar-refractivity contribution in [2.75, 3.05) is 19.2 Å². The molecular formula is C28H25NO5. The fraction of sp³-hybridized carbons (Fsp3) is 0.214. The Morgan fingerprint density at radius 3 is 2.59 bits per heavy atom. The molecule has 34 heavy (non-hydrogen) atoms. The normalized spacial score (nSPS) is 17.6. The van der Waals surface area contributed by atoms with Gasteiger partial charge in [0, 0.05) is 22.4 Å². The lowest BCUT2D eigenvalue weighted by Gasteiger charge is -2.35. The standard InChI is InChI=1S/C28H25NO5/c1-15-13-28(2,3)29-18-7-6-17-25(24(15)18)23(12-16-5-9-20-22(11-16)33-14-32-20)34-21-10-8-19(30)27(31-4)26(17)21/h5-13,29-30H,14H2,1-4H3/b23-12-. The summed E-state index contributed by atoms with van der Waals surface area (Å²) in [5.41, 5.74) is 6.64. The number of ether oxygens (including phenoxy) is 4. The van der Waals surface area contributed by atoms with Gasteiger partial charge in [-0.2, -0.15) is 0 Å². The highest BCUT2D eigenvalue weighted by molar-refractivity contribution is 6.02. The molecule has 0 bridgehead atoms. The lowest BCUT2D eigenvalue weighted by Crippen LogP contribution is -2.32. The van der Waals surface area contributed by atoms with Gasteiger partial charge in [0.05, 0.1) is 18.2 Å². The molecule has 6 nitrogen and oxygen atoms in total. The number of phenols is 1. The van der Waals surface area contributed by atoms with Crippen LogP contribution in [-0.4, -0.2) is 24.5 Å². The number of phenolic OH excluding ortho intramolecular Hbond substituents is 1. The molecule has 0 amide bonds. The molecule has 0 saturated carbocycles. The highest BCUT2D eigenvalue weighted by atomic mass is 16.7. The molecule has 172 valence electrons. The minimum Gasteiger partial charge on any atom is -0.504 e. The van der Waals surface area contributed by atoms with Gasteiger partial charge in [0.1, 0.15) is 11.5 Å². The SMILES string of the molecule is COc1c(O)ccc2c1-c1ccc3c(c1/C(=C/c1ccc4c(c1)OCO4)O2)C(C)=CC(C)(C)N3. The minimum atomic E-state index is -0.171. The second kappa shape index (κ2) is 7.22. The Hall–Kier alpha value is -4.06. The van der Waals surface area contributed by atoms with Gasteiger partial charge in [0.2, 0.25) is 6.79 Å². The Morgan fingerprint density at radius 1 is 0.971 bits per heavy atom. The molecule has 6 heteroatoms. The zero-order chi connectivity index (χ0) is 23.6. The summed E-state index contributed by atoms with van der Waals surface area (Å²) >= 11 is 0. The molecule has 0 atom stereocenters. The summed E-state index contributed by atoms with van der Waals surface area (Å²) in [6.45, 7) is 6.64. The van der Waals surface area contributed by atoms with Crippen LogP contribution in [0, 0.1) is 0 Å². The number of aromatic hydroxyl groups is 1. The first-order valence-corrected chi connectivity index (χ1v) is 11.2. The molecule has 0 saturated heterocycles. The van der Waals surface area contributed by atoms with Crippen molar-refractivity contribution in [2.24, 2.45) is 0 Å². The van der Waals surface area contributed by atoms with E-state index in [9.17, 15) is 5.11 Å². The number of allylic oxidation sites excluding steroid dienone is 1. The first-order chi connectivity index (χ1) is 16.3. The third-order valence-corrected chi connectivity index (χ3v) is 6.37. The van der Waals surface area contributed by atoms with Crippen molar-refractivity contribution < 1.29 is 24.1 Å². The molecule has 0 aliphatic carbocycles. The topological polar surface area (TPSA) is 69.2 Å². The van der Waals surface area contributed by atoms with E-state index in [-0.39, 0.29) is 18.1 Å². The van der Waals surface area contributed by atoms with Crippen molar-refractivity contribution in [1.82, 2.24) is 0 Å². The number of methoxy groups -OCH3 is 1. The molecule has 0 fully saturated rings. The maximum Gasteiger partial charge on any atom is 0.231 e. The molecule has 3 aliphatic heterocycles. The maximum absolute atomic E-state index is 10.5. The molecular weight excluding hydrogens is 430 g/mol. The van der Waals surface area contributed by atoms with Crippen LogP contribution in [0.4, 0.5) is 5.69 Å². The van der Waals surface area contributed by atoms with Crippen LogP contribution in [-0.2, 0) is 0 Å². The van der Waals surface area contributed by atoms with Crippen molar-refractivity contribution in [1.29, 1.82) is 0 Å². The average Bonchev–Trinajstić information content (AvgIpc) is 3.26. The molecule has 2 N–H and O–H groups in total. The highest BCUT2D eigenvalue weighted by Crippen LogP contribution is 2.54. The smallest absolute Gasteiger partial charge is 0.231 e. The van der Waals surface area contributed by atoms with E-state index in [1.807, 2.05) is 24.3 Å². The first kappa shape index (κ1) is 20.5. The Morgan fingerprint density at radius 2 is 1.76 bits per heavy atom. The van der Waals surface area contributed by atoms with Crippen LogP contribution >= 0.6 is 0 Å².